The molecule has 0 saturated carbocycles. The van der Waals surface area contributed by atoms with Crippen LogP contribution in [0.25, 0.3) is 0 Å². The second-order valence-corrected chi connectivity index (χ2v) is 4.99. The highest BCUT2D eigenvalue weighted by atomic mass is 79.9. The highest BCUT2D eigenvalue weighted by Crippen LogP contribution is 2.36. The third-order valence-electron chi connectivity index (χ3n) is 2.73. The molecule has 0 heterocycles. The van der Waals surface area contributed by atoms with Crippen LogP contribution in [0.2, 0.25) is 0 Å². The van der Waals surface area contributed by atoms with Crippen molar-refractivity contribution in [1.29, 1.82) is 0 Å². The largest absolute Gasteiger partial charge is 0.456 e. The Balaban J connectivity index is 2.26. The standard InChI is InChI=1S/C14H12BrNO4/c1-9(17)10-5-7-11(8-6-10)20-13-4-2-3-12(14(13)15)16(18)19/h2-9,17H,1H3/t9-/m0/s1. The van der Waals surface area contributed by atoms with Gasteiger partial charge in [0.1, 0.15) is 16.0 Å². The van der Waals surface area contributed by atoms with Gasteiger partial charge in [-0.15, -0.1) is 0 Å². The third kappa shape index (κ3) is 3.15. The molecular formula is C14H12BrNO4. The third-order valence-corrected chi connectivity index (χ3v) is 3.53. The second-order valence-electron chi connectivity index (χ2n) is 4.19. The molecule has 1 N–H and O–H groups in total. The number of ether oxygens (including phenoxy) is 1. The number of rotatable bonds is 4. The van der Waals surface area contributed by atoms with Gasteiger partial charge in [0.25, 0.3) is 5.69 Å². The van der Waals surface area contributed by atoms with Gasteiger partial charge in [0.05, 0.1) is 11.0 Å². The monoisotopic (exact) mass is 337 g/mol. The van der Waals surface area contributed by atoms with E-state index in [0.717, 1.165) is 5.56 Å². The maximum atomic E-state index is 10.8. The van der Waals surface area contributed by atoms with Crippen molar-refractivity contribution in [2.45, 2.75) is 13.0 Å². The molecule has 0 aromatic heterocycles. The average molecular weight is 338 g/mol. The van der Waals surface area contributed by atoms with E-state index < -0.39 is 11.0 Å². The van der Waals surface area contributed by atoms with Crippen molar-refractivity contribution in [3.63, 3.8) is 0 Å². The lowest BCUT2D eigenvalue weighted by Crippen LogP contribution is -1.93. The van der Waals surface area contributed by atoms with Crippen molar-refractivity contribution in [2.24, 2.45) is 0 Å². The smallest absolute Gasteiger partial charge is 0.287 e. The number of nitro benzene ring substituents is 1. The molecule has 0 aliphatic carbocycles. The molecule has 6 heteroatoms. The molecule has 104 valence electrons. The van der Waals surface area contributed by atoms with E-state index in [1.165, 1.54) is 6.07 Å². The summed E-state index contributed by atoms with van der Waals surface area (Å²) in [4.78, 5) is 10.4. The summed E-state index contributed by atoms with van der Waals surface area (Å²) in [6, 6.07) is 11.5. The maximum Gasteiger partial charge on any atom is 0.287 e. The molecule has 0 radical (unpaired) electrons. The summed E-state index contributed by atoms with van der Waals surface area (Å²) in [6.07, 6.45) is -0.548. The van der Waals surface area contributed by atoms with Crippen molar-refractivity contribution >= 4 is 21.6 Å². The molecule has 0 spiro atoms. The molecule has 0 unspecified atom stereocenters. The van der Waals surface area contributed by atoms with E-state index in [1.54, 1.807) is 43.3 Å². The zero-order valence-corrected chi connectivity index (χ0v) is 12.2. The van der Waals surface area contributed by atoms with Gasteiger partial charge in [0.2, 0.25) is 0 Å². The lowest BCUT2D eigenvalue weighted by molar-refractivity contribution is -0.385. The van der Waals surface area contributed by atoms with E-state index in [-0.39, 0.29) is 5.69 Å². The first kappa shape index (κ1) is 14.5. The summed E-state index contributed by atoms with van der Waals surface area (Å²) >= 11 is 3.17. The Labute approximate surface area is 124 Å². The fraction of sp³-hybridized carbons (Fsp3) is 0.143. The minimum absolute atomic E-state index is 0.0527. The van der Waals surface area contributed by atoms with Gasteiger partial charge in [-0.05, 0) is 46.6 Å². The van der Waals surface area contributed by atoms with E-state index in [4.69, 9.17) is 4.74 Å². The molecule has 1 atom stereocenters. The van der Waals surface area contributed by atoms with Crippen LogP contribution in [0.4, 0.5) is 5.69 Å². The Morgan fingerprint density at radius 2 is 1.90 bits per heavy atom. The van der Waals surface area contributed by atoms with Crippen LogP contribution in [-0.4, -0.2) is 10.0 Å². The minimum atomic E-state index is -0.548. The summed E-state index contributed by atoms with van der Waals surface area (Å²) in [7, 11) is 0. The van der Waals surface area contributed by atoms with Crippen molar-refractivity contribution in [3.8, 4) is 11.5 Å². The quantitative estimate of drug-likeness (QED) is 0.670. The summed E-state index contributed by atoms with van der Waals surface area (Å²) in [5.41, 5.74) is 0.721. The number of halogens is 1. The van der Waals surface area contributed by atoms with Crippen LogP contribution in [0.3, 0.4) is 0 Å². The average Bonchev–Trinajstić information content (AvgIpc) is 2.41. The van der Waals surface area contributed by atoms with E-state index in [0.29, 0.717) is 16.0 Å². The topological polar surface area (TPSA) is 72.6 Å². The second kappa shape index (κ2) is 6.02. The van der Waals surface area contributed by atoms with Crippen LogP contribution in [0.1, 0.15) is 18.6 Å². The van der Waals surface area contributed by atoms with Crippen LogP contribution < -0.4 is 4.74 Å². The number of hydrogen-bond acceptors (Lipinski definition) is 4. The van der Waals surface area contributed by atoms with Gasteiger partial charge in [-0.3, -0.25) is 10.1 Å². The van der Waals surface area contributed by atoms with Gasteiger partial charge in [-0.25, -0.2) is 0 Å². The van der Waals surface area contributed by atoms with Crippen molar-refractivity contribution < 1.29 is 14.8 Å². The first-order chi connectivity index (χ1) is 9.49. The van der Waals surface area contributed by atoms with Crippen LogP contribution in [0, 0.1) is 10.1 Å². The summed E-state index contributed by atoms with van der Waals surface area (Å²) in [5, 5.41) is 20.3. The molecule has 0 bridgehead atoms. The molecule has 0 aliphatic rings. The fourth-order valence-electron chi connectivity index (χ4n) is 1.66. The molecular weight excluding hydrogens is 326 g/mol. The lowest BCUT2D eigenvalue weighted by atomic mass is 10.1. The van der Waals surface area contributed by atoms with Crippen molar-refractivity contribution in [3.05, 3.63) is 62.6 Å². The van der Waals surface area contributed by atoms with E-state index in [9.17, 15) is 15.2 Å². The highest BCUT2D eigenvalue weighted by Gasteiger charge is 2.16. The molecule has 0 saturated heterocycles. The zero-order chi connectivity index (χ0) is 14.7. The normalized spacial score (nSPS) is 11.9. The van der Waals surface area contributed by atoms with Gasteiger partial charge in [-0.1, -0.05) is 18.2 Å². The maximum absolute atomic E-state index is 10.8. The number of nitrogens with zero attached hydrogens (tertiary/aromatic N) is 1. The Bertz CT molecular complexity index is 626. The van der Waals surface area contributed by atoms with Crippen LogP contribution in [0.15, 0.2) is 46.9 Å². The zero-order valence-electron chi connectivity index (χ0n) is 10.6. The first-order valence-corrected chi connectivity index (χ1v) is 6.67. The van der Waals surface area contributed by atoms with E-state index in [1.807, 2.05) is 0 Å². The molecule has 0 amide bonds. The first-order valence-electron chi connectivity index (χ1n) is 5.88. The van der Waals surface area contributed by atoms with Crippen LogP contribution in [-0.2, 0) is 0 Å². The summed E-state index contributed by atoms with van der Waals surface area (Å²) in [6.45, 7) is 1.67. The highest BCUT2D eigenvalue weighted by molar-refractivity contribution is 9.10. The number of aliphatic hydroxyl groups excluding tert-OH is 1. The van der Waals surface area contributed by atoms with Gasteiger partial charge in [0, 0.05) is 6.07 Å². The minimum Gasteiger partial charge on any atom is -0.456 e. The van der Waals surface area contributed by atoms with Gasteiger partial charge in [0.15, 0.2) is 0 Å². The Kier molecular flexibility index (Phi) is 4.36. The van der Waals surface area contributed by atoms with Crippen molar-refractivity contribution in [2.75, 3.05) is 0 Å². The molecule has 2 aromatic rings. The molecule has 2 aromatic carbocycles. The molecule has 2 rings (SSSR count). The predicted molar refractivity (Wildman–Crippen MR) is 77.9 cm³/mol. The molecule has 20 heavy (non-hydrogen) atoms. The predicted octanol–water partition coefficient (Wildman–Crippen LogP) is 4.20. The van der Waals surface area contributed by atoms with Crippen LogP contribution >= 0.6 is 15.9 Å². The Morgan fingerprint density at radius 3 is 2.45 bits per heavy atom. The van der Waals surface area contributed by atoms with Gasteiger partial charge >= 0.3 is 0 Å². The van der Waals surface area contributed by atoms with Crippen LogP contribution in [0.5, 0.6) is 11.5 Å². The molecule has 0 aliphatic heterocycles. The SMILES string of the molecule is C[C@H](O)c1ccc(Oc2cccc([N+](=O)[O-])c2Br)cc1. The van der Waals surface area contributed by atoms with E-state index in [2.05, 4.69) is 15.9 Å². The number of aliphatic hydroxyl groups is 1. The van der Waals surface area contributed by atoms with Gasteiger partial charge < -0.3 is 9.84 Å². The fourth-order valence-corrected chi connectivity index (χ4v) is 2.15. The molecule has 0 fully saturated rings. The number of benzene rings is 2. The summed E-state index contributed by atoms with van der Waals surface area (Å²) in [5.74, 6) is 0.902. The number of nitro groups is 1. The lowest BCUT2D eigenvalue weighted by Gasteiger charge is -2.09. The molecule has 5 nitrogen and oxygen atoms in total. The summed E-state index contributed by atoms with van der Waals surface area (Å²) < 4.78 is 5.90. The van der Waals surface area contributed by atoms with E-state index >= 15 is 0 Å². The van der Waals surface area contributed by atoms with Crippen molar-refractivity contribution in [1.82, 2.24) is 0 Å². The Morgan fingerprint density at radius 1 is 1.25 bits per heavy atom. The Hall–Kier alpha value is -1.92. The van der Waals surface area contributed by atoms with Gasteiger partial charge in [-0.2, -0.15) is 0 Å². The number of hydrogen-bond donors (Lipinski definition) is 1.